The van der Waals surface area contributed by atoms with Gasteiger partial charge in [-0.2, -0.15) is 0 Å². The summed E-state index contributed by atoms with van der Waals surface area (Å²) in [6.45, 7) is 2.51. The molecule has 0 bridgehead atoms. The minimum atomic E-state index is -3.49. The van der Waals surface area contributed by atoms with Crippen LogP contribution in [0.3, 0.4) is 0 Å². The summed E-state index contributed by atoms with van der Waals surface area (Å²) >= 11 is 0. The van der Waals surface area contributed by atoms with Crippen molar-refractivity contribution in [1.29, 1.82) is 0 Å². The van der Waals surface area contributed by atoms with Gasteiger partial charge in [-0.1, -0.05) is 36.8 Å². The van der Waals surface area contributed by atoms with Gasteiger partial charge in [-0.05, 0) is 49.2 Å². The van der Waals surface area contributed by atoms with Gasteiger partial charge in [0.25, 0.3) is 5.91 Å². The second-order valence-electron chi connectivity index (χ2n) is 7.63. The lowest BCUT2D eigenvalue weighted by Gasteiger charge is -2.36. The Labute approximate surface area is 173 Å². The van der Waals surface area contributed by atoms with Crippen molar-refractivity contribution in [1.82, 2.24) is 14.5 Å². The van der Waals surface area contributed by atoms with Crippen LogP contribution >= 0.6 is 0 Å². The second-order valence-corrected chi connectivity index (χ2v) is 9.78. The lowest BCUT2D eigenvalue weighted by atomic mass is 10.0. The maximum Gasteiger partial charge on any atom is 0.251 e. The van der Waals surface area contributed by atoms with Crippen LogP contribution in [0.25, 0.3) is 0 Å². The van der Waals surface area contributed by atoms with Gasteiger partial charge in [-0.3, -0.25) is 9.69 Å². The zero-order valence-electron chi connectivity index (χ0n) is 17.0. The van der Waals surface area contributed by atoms with E-state index >= 15 is 0 Å². The van der Waals surface area contributed by atoms with Gasteiger partial charge in [0.05, 0.1) is 4.90 Å². The molecule has 1 amide bonds. The average Bonchev–Trinajstić information content (AvgIpc) is 2.73. The fraction of sp³-hybridized carbons (Fsp3) is 0.409. The topological polar surface area (TPSA) is 69.7 Å². The molecule has 1 fully saturated rings. The van der Waals surface area contributed by atoms with E-state index < -0.39 is 10.0 Å². The van der Waals surface area contributed by atoms with E-state index in [0.717, 1.165) is 23.8 Å². The molecule has 1 atom stereocenters. The zero-order valence-corrected chi connectivity index (χ0v) is 17.9. The van der Waals surface area contributed by atoms with Crippen molar-refractivity contribution in [2.75, 3.05) is 27.2 Å². The second kappa shape index (κ2) is 9.52. The molecule has 0 aromatic heterocycles. The summed E-state index contributed by atoms with van der Waals surface area (Å²) in [7, 11) is -0.516. The summed E-state index contributed by atoms with van der Waals surface area (Å²) in [6, 6.07) is 16.8. The van der Waals surface area contributed by atoms with Crippen molar-refractivity contribution in [2.45, 2.75) is 36.7 Å². The molecule has 1 aliphatic rings. The molecule has 0 radical (unpaired) electrons. The van der Waals surface area contributed by atoms with E-state index in [-0.39, 0.29) is 10.8 Å². The van der Waals surface area contributed by atoms with Crippen LogP contribution in [0, 0.1) is 0 Å². The molecule has 29 heavy (non-hydrogen) atoms. The minimum Gasteiger partial charge on any atom is -0.350 e. The number of amides is 1. The quantitative estimate of drug-likeness (QED) is 0.755. The number of rotatable bonds is 7. The third kappa shape index (κ3) is 5.44. The number of hydrogen-bond donors (Lipinski definition) is 1. The lowest BCUT2D eigenvalue weighted by Crippen LogP contribution is -2.46. The number of benzene rings is 2. The Morgan fingerprint density at radius 1 is 1.07 bits per heavy atom. The summed E-state index contributed by atoms with van der Waals surface area (Å²) in [5.74, 6) is -0.177. The first-order chi connectivity index (χ1) is 13.9. The van der Waals surface area contributed by atoms with Crippen molar-refractivity contribution >= 4 is 15.9 Å². The molecule has 1 N–H and O–H groups in total. The molecule has 156 valence electrons. The summed E-state index contributed by atoms with van der Waals surface area (Å²) < 4.78 is 25.5. The van der Waals surface area contributed by atoms with E-state index in [1.807, 2.05) is 6.07 Å². The first kappa shape index (κ1) is 21.5. The molecule has 1 aliphatic heterocycles. The Kier molecular flexibility index (Phi) is 7.05. The third-order valence-electron chi connectivity index (χ3n) is 5.37. The van der Waals surface area contributed by atoms with Gasteiger partial charge in [-0.15, -0.1) is 0 Å². The van der Waals surface area contributed by atoms with Gasteiger partial charge < -0.3 is 5.32 Å². The fourth-order valence-electron chi connectivity index (χ4n) is 3.62. The molecule has 0 saturated carbocycles. The van der Waals surface area contributed by atoms with Gasteiger partial charge in [0.1, 0.15) is 0 Å². The van der Waals surface area contributed by atoms with Gasteiger partial charge in [0.15, 0.2) is 0 Å². The Morgan fingerprint density at radius 2 is 1.76 bits per heavy atom. The molecule has 1 unspecified atom stereocenters. The first-order valence-electron chi connectivity index (χ1n) is 9.96. The van der Waals surface area contributed by atoms with Crippen molar-refractivity contribution in [3.8, 4) is 0 Å². The van der Waals surface area contributed by atoms with Crippen LogP contribution in [-0.2, 0) is 16.6 Å². The standard InChI is InChI=1S/C22H29N3O3S/c1-24(2)29(27,28)21-13-11-19(12-14-21)22(26)23-16-20-10-6-7-15-25(20)17-18-8-4-3-5-9-18/h3-5,8-9,11-14,20H,6-7,10,15-17H2,1-2H3,(H,23,26). The molecule has 0 spiro atoms. The molecular weight excluding hydrogens is 386 g/mol. The van der Waals surface area contributed by atoms with Gasteiger partial charge in [-0.25, -0.2) is 12.7 Å². The highest BCUT2D eigenvalue weighted by Crippen LogP contribution is 2.19. The van der Waals surface area contributed by atoms with Crippen LogP contribution in [0.1, 0.15) is 35.2 Å². The van der Waals surface area contributed by atoms with E-state index in [1.165, 1.54) is 44.6 Å². The highest BCUT2D eigenvalue weighted by molar-refractivity contribution is 7.89. The van der Waals surface area contributed by atoms with Crippen LogP contribution in [0.4, 0.5) is 0 Å². The Balaban J connectivity index is 1.60. The van der Waals surface area contributed by atoms with E-state index in [1.54, 1.807) is 12.1 Å². The highest BCUT2D eigenvalue weighted by atomic mass is 32.2. The predicted octanol–water partition coefficient (Wildman–Crippen LogP) is 2.72. The van der Waals surface area contributed by atoms with Gasteiger partial charge >= 0.3 is 0 Å². The fourth-order valence-corrected chi connectivity index (χ4v) is 4.52. The van der Waals surface area contributed by atoms with Gasteiger partial charge in [0, 0.05) is 38.8 Å². The minimum absolute atomic E-state index is 0.177. The van der Waals surface area contributed by atoms with Crippen LogP contribution < -0.4 is 5.32 Å². The summed E-state index contributed by atoms with van der Waals surface area (Å²) in [4.78, 5) is 15.2. The predicted molar refractivity (Wildman–Crippen MR) is 114 cm³/mol. The van der Waals surface area contributed by atoms with Crippen molar-refractivity contribution < 1.29 is 13.2 Å². The smallest absolute Gasteiger partial charge is 0.251 e. The summed E-state index contributed by atoms with van der Waals surface area (Å²) in [5, 5.41) is 3.02. The molecule has 0 aliphatic carbocycles. The number of likely N-dealkylation sites (tertiary alicyclic amines) is 1. The molecule has 6 nitrogen and oxygen atoms in total. The van der Waals surface area contributed by atoms with Crippen molar-refractivity contribution in [3.05, 3.63) is 65.7 Å². The number of piperidine rings is 1. The molecule has 1 heterocycles. The number of hydrogen-bond acceptors (Lipinski definition) is 4. The molecule has 2 aromatic rings. The van der Waals surface area contributed by atoms with Crippen molar-refractivity contribution in [3.63, 3.8) is 0 Å². The Morgan fingerprint density at radius 3 is 2.41 bits per heavy atom. The normalized spacial score (nSPS) is 18.0. The number of nitrogens with one attached hydrogen (secondary N) is 1. The zero-order chi connectivity index (χ0) is 20.9. The van der Waals surface area contributed by atoms with Crippen molar-refractivity contribution in [2.24, 2.45) is 0 Å². The average molecular weight is 416 g/mol. The number of carbonyl (C=O) groups is 1. The molecule has 1 saturated heterocycles. The van der Waals surface area contributed by atoms with Gasteiger partial charge in [0.2, 0.25) is 10.0 Å². The van der Waals surface area contributed by atoms with Crippen LogP contribution in [0.2, 0.25) is 0 Å². The molecule has 7 heteroatoms. The van der Waals surface area contributed by atoms with E-state index in [4.69, 9.17) is 0 Å². The largest absolute Gasteiger partial charge is 0.350 e. The summed E-state index contributed by atoms with van der Waals surface area (Å²) in [6.07, 6.45) is 3.41. The molecular formula is C22H29N3O3S. The highest BCUT2D eigenvalue weighted by Gasteiger charge is 2.23. The van der Waals surface area contributed by atoms with E-state index in [9.17, 15) is 13.2 Å². The Hall–Kier alpha value is -2.22. The molecule has 2 aromatic carbocycles. The van der Waals surface area contributed by atoms with E-state index in [2.05, 4.69) is 34.5 Å². The summed E-state index contributed by atoms with van der Waals surface area (Å²) in [5.41, 5.74) is 1.75. The third-order valence-corrected chi connectivity index (χ3v) is 7.20. The maximum absolute atomic E-state index is 12.6. The van der Waals surface area contributed by atoms with Crippen LogP contribution in [0.15, 0.2) is 59.5 Å². The number of carbonyl (C=O) groups excluding carboxylic acids is 1. The number of sulfonamides is 1. The van der Waals surface area contributed by atoms with Crippen LogP contribution in [0.5, 0.6) is 0 Å². The van der Waals surface area contributed by atoms with E-state index in [0.29, 0.717) is 18.2 Å². The SMILES string of the molecule is CN(C)S(=O)(=O)c1ccc(C(=O)NCC2CCCCN2Cc2ccccc2)cc1. The number of nitrogens with zero attached hydrogens (tertiary/aromatic N) is 2. The Bertz CT molecular complexity index is 912. The lowest BCUT2D eigenvalue weighted by molar-refractivity contribution is 0.0907. The van der Waals surface area contributed by atoms with Crippen LogP contribution in [-0.4, -0.2) is 56.8 Å². The maximum atomic E-state index is 12.6. The first-order valence-corrected chi connectivity index (χ1v) is 11.4. The molecule has 3 rings (SSSR count). The monoisotopic (exact) mass is 415 g/mol.